The average Bonchev–Trinajstić information content (AvgIpc) is 2.81. The summed E-state index contributed by atoms with van der Waals surface area (Å²) in [6, 6.07) is 5.76. The Morgan fingerprint density at radius 3 is 2.68 bits per heavy atom. The summed E-state index contributed by atoms with van der Waals surface area (Å²) in [5, 5.41) is 3.06. The van der Waals surface area contributed by atoms with Crippen LogP contribution in [0.25, 0.3) is 0 Å². The third kappa shape index (κ3) is 4.29. The summed E-state index contributed by atoms with van der Waals surface area (Å²) in [6.45, 7) is 5.30. The summed E-state index contributed by atoms with van der Waals surface area (Å²) in [5.74, 6) is -0.0222. The minimum absolute atomic E-state index is 0.0222. The van der Waals surface area contributed by atoms with Crippen LogP contribution in [0.4, 0.5) is 0 Å². The van der Waals surface area contributed by atoms with Crippen LogP contribution in [0.5, 0.6) is 0 Å². The molecule has 0 radical (unpaired) electrons. The molecule has 1 atom stereocenters. The van der Waals surface area contributed by atoms with E-state index in [1.165, 1.54) is 12.8 Å². The number of nitrogens with one attached hydrogen (secondary N) is 1. The maximum Gasteiger partial charge on any atom is 0.252 e. The molecule has 3 nitrogen and oxygen atoms in total. The predicted molar refractivity (Wildman–Crippen MR) is 84.4 cm³/mol. The lowest BCUT2D eigenvalue weighted by molar-refractivity contribution is 0.0931. The number of hydrogen-bond donors (Lipinski definition) is 1. The van der Waals surface area contributed by atoms with Gasteiger partial charge in [0.05, 0.1) is 5.56 Å². The molecule has 0 saturated carbocycles. The van der Waals surface area contributed by atoms with E-state index in [0.717, 1.165) is 28.6 Å². The van der Waals surface area contributed by atoms with Crippen molar-refractivity contribution in [2.45, 2.75) is 25.8 Å². The lowest BCUT2D eigenvalue weighted by atomic mass is 10.2. The molecule has 0 aliphatic carbocycles. The van der Waals surface area contributed by atoms with Crippen molar-refractivity contribution < 1.29 is 4.79 Å². The molecule has 0 spiro atoms. The van der Waals surface area contributed by atoms with Crippen LogP contribution in [0.3, 0.4) is 0 Å². The van der Waals surface area contributed by atoms with Gasteiger partial charge in [0.1, 0.15) is 0 Å². The van der Waals surface area contributed by atoms with Gasteiger partial charge in [-0.05, 0) is 67.0 Å². The van der Waals surface area contributed by atoms with Crippen LogP contribution < -0.4 is 5.32 Å². The molecule has 0 bridgehead atoms. The zero-order valence-corrected chi connectivity index (χ0v) is 14.1. The highest BCUT2D eigenvalue weighted by Crippen LogP contribution is 2.22. The second-order valence-electron chi connectivity index (χ2n) is 5.01. The molecule has 104 valence electrons. The maximum atomic E-state index is 12.2. The molecular formula is C14H18Br2N2O. The number of likely N-dealkylation sites (tertiary alicyclic amines) is 1. The fraction of sp³-hybridized carbons (Fsp3) is 0.500. The summed E-state index contributed by atoms with van der Waals surface area (Å²) in [7, 11) is 0. The van der Waals surface area contributed by atoms with Crippen LogP contribution in [0.1, 0.15) is 30.1 Å². The van der Waals surface area contributed by atoms with E-state index in [0.29, 0.717) is 5.56 Å². The van der Waals surface area contributed by atoms with Crippen molar-refractivity contribution in [3.63, 3.8) is 0 Å². The molecule has 1 aromatic rings. The van der Waals surface area contributed by atoms with Crippen LogP contribution in [-0.2, 0) is 0 Å². The number of carbonyl (C=O) groups excluding carboxylic acids is 1. The van der Waals surface area contributed by atoms with Crippen molar-refractivity contribution in [3.05, 3.63) is 32.7 Å². The number of nitrogens with zero attached hydrogens (tertiary/aromatic N) is 1. The Morgan fingerprint density at radius 2 is 2.05 bits per heavy atom. The number of rotatable bonds is 4. The summed E-state index contributed by atoms with van der Waals surface area (Å²) in [4.78, 5) is 14.6. The van der Waals surface area contributed by atoms with Crippen molar-refractivity contribution in [2.75, 3.05) is 19.6 Å². The van der Waals surface area contributed by atoms with Gasteiger partial charge in [0, 0.05) is 21.5 Å². The van der Waals surface area contributed by atoms with E-state index < -0.39 is 0 Å². The average molecular weight is 390 g/mol. The van der Waals surface area contributed by atoms with Gasteiger partial charge in [-0.1, -0.05) is 15.9 Å². The Hall–Kier alpha value is -0.390. The first kappa shape index (κ1) is 15.0. The minimum Gasteiger partial charge on any atom is -0.348 e. The van der Waals surface area contributed by atoms with Gasteiger partial charge in [0.15, 0.2) is 0 Å². The molecule has 1 aliphatic rings. The van der Waals surface area contributed by atoms with Gasteiger partial charge in [0.2, 0.25) is 0 Å². The summed E-state index contributed by atoms with van der Waals surface area (Å²) in [5.41, 5.74) is 0.677. The lowest BCUT2D eigenvalue weighted by Crippen LogP contribution is -2.41. The quantitative estimate of drug-likeness (QED) is 0.855. The molecule has 1 unspecified atom stereocenters. The third-order valence-corrected chi connectivity index (χ3v) is 4.43. The van der Waals surface area contributed by atoms with Gasteiger partial charge in [0.25, 0.3) is 5.91 Å². The maximum absolute atomic E-state index is 12.2. The number of halogens is 2. The SMILES string of the molecule is CC(CN1CCCC1)NC(=O)c1ccc(Br)cc1Br. The van der Waals surface area contributed by atoms with Crippen LogP contribution in [0.2, 0.25) is 0 Å². The highest BCUT2D eigenvalue weighted by Gasteiger charge is 2.17. The molecule has 1 saturated heterocycles. The highest BCUT2D eigenvalue weighted by atomic mass is 79.9. The summed E-state index contributed by atoms with van der Waals surface area (Å²) in [6.07, 6.45) is 2.55. The first-order valence-corrected chi connectivity index (χ1v) is 8.13. The molecular weight excluding hydrogens is 372 g/mol. The predicted octanol–water partition coefficient (Wildman–Crippen LogP) is 3.43. The lowest BCUT2D eigenvalue weighted by Gasteiger charge is -2.21. The number of benzene rings is 1. The molecule has 2 rings (SSSR count). The molecule has 1 N–H and O–H groups in total. The number of amides is 1. The molecule has 5 heteroatoms. The molecule has 1 fully saturated rings. The van der Waals surface area contributed by atoms with Crippen molar-refractivity contribution in [1.82, 2.24) is 10.2 Å². The first-order valence-electron chi connectivity index (χ1n) is 6.54. The smallest absolute Gasteiger partial charge is 0.252 e. The number of carbonyl (C=O) groups is 1. The molecule has 1 amide bonds. The van der Waals surface area contributed by atoms with Crippen molar-refractivity contribution in [2.24, 2.45) is 0 Å². The van der Waals surface area contributed by atoms with Crippen LogP contribution in [0, 0.1) is 0 Å². The van der Waals surface area contributed by atoms with E-state index in [-0.39, 0.29) is 11.9 Å². The monoisotopic (exact) mass is 388 g/mol. The largest absolute Gasteiger partial charge is 0.348 e. The highest BCUT2D eigenvalue weighted by molar-refractivity contribution is 9.11. The standard InChI is InChI=1S/C14H18Br2N2O/c1-10(9-18-6-2-3-7-18)17-14(19)12-5-4-11(15)8-13(12)16/h4-5,8,10H,2-3,6-7,9H2,1H3,(H,17,19). The normalized spacial score (nSPS) is 17.4. The zero-order valence-electron chi connectivity index (χ0n) is 11.0. The summed E-state index contributed by atoms with van der Waals surface area (Å²) < 4.78 is 1.77. The van der Waals surface area contributed by atoms with Crippen molar-refractivity contribution >= 4 is 37.8 Å². The van der Waals surface area contributed by atoms with Gasteiger partial charge < -0.3 is 10.2 Å². The van der Waals surface area contributed by atoms with Crippen LogP contribution in [-0.4, -0.2) is 36.5 Å². The van der Waals surface area contributed by atoms with E-state index in [4.69, 9.17) is 0 Å². The Morgan fingerprint density at radius 1 is 1.37 bits per heavy atom. The summed E-state index contributed by atoms with van der Waals surface area (Å²) >= 11 is 6.81. The second kappa shape index (κ2) is 6.86. The number of hydrogen-bond acceptors (Lipinski definition) is 2. The Kier molecular flexibility index (Phi) is 5.42. The van der Waals surface area contributed by atoms with E-state index in [1.54, 1.807) is 0 Å². The molecule has 1 heterocycles. The van der Waals surface area contributed by atoms with Crippen LogP contribution >= 0.6 is 31.9 Å². The van der Waals surface area contributed by atoms with Crippen LogP contribution in [0.15, 0.2) is 27.1 Å². The van der Waals surface area contributed by atoms with E-state index >= 15 is 0 Å². The fourth-order valence-electron chi connectivity index (χ4n) is 2.37. The van der Waals surface area contributed by atoms with Gasteiger partial charge in [-0.3, -0.25) is 4.79 Å². The first-order chi connectivity index (χ1) is 9.06. The molecule has 19 heavy (non-hydrogen) atoms. The molecule has 1 aromatic carbocycles. The van der Waals surface area contributed by atoms with Gasteiger partial charge in [-0.15, -0.1) is 0 Å². The minimum atomic E-state index is -0.0222. The van der Waals surface area contributed by atoms with Gasteiger partial charge in [-0.25, -0.2) is 0 Å². The van der Waals surface area contributed by atoms with Crippen molar-refractivity contribution in [3.8, 4) is 0 Å². The van der Waals surface area contributed by atoms with Gasteiger partial charge >= 0.3 is 0 Å². The Balaban J connectivity index is 1.92. The van der Waals surface area contributed by atoms with E-state index in [1.807, 2.05) is 18.2 Å². The Bertz CT molecular complexity index is 459. The van der Waals surface area contributed by atoms with Gasteiger partial charge in [-0.2, -0.15) is 0 Å². The second-order valence-corrected chi connectivity index (χ2v) is 6.78. The van der Waals surface area contributed by atoms with Crippen molar-refractivity contribution in [1.29, 1.82) is 0 Å². The molecule has 0 aromatic heterocycles. The zero-order chi connectivity index (χ0) is 13.8. The fourth-order valence-corrected chi connectivity index (χ4v) is 3.60. The Labute approximate surface area is 131 Å². The van der Waals surface area contributed by atoms with E-state index in [9.17, 15) is 4.79 Å². The van der Waals surface area contributed by atoms with E-state index in [2.05, 4.69) is 49.0 Å². The third-order valence-electron chi connectivity index (χ3n) is 3.28. The molecule has 1 aliphatic heterocycles. The topological polar surface area (TPSA) is 32.3 Å².